The maximum atomic E-state index is 12.7. The molecule has 5 atom stereocenters. The lowest BCUT2D eigenvalue weighted by molar-refractivity contribution is -0.180. The number of hydrogen-bond donors (Lipinski definition) is 0. The molecular weight excluding hydrogens is 464 g/mol. The Morgan fingerprint density at radius 2 is 1.45 bits per heavy atom. The lowest BCUT2D eigenvalue weighted by atomic mass is 10.1. The van der Waals surface area contributed by atoms with Crippen molar-refractivity contribution in [3.8, 4) is 0 Å². The highest BCUT2D eigenvalue weighted by molar-refractivity contribution is 7.86. The van der Waals surface area contributed by atoms with Crippen LogP contribution in [0.15, 0.2) is 35.2 Å². The number of benzene rings is 1. The molecule has 1 aliphatic rings. The Balaban J connectivity index is 2.43. The van der Waals surface area contributed by atoms with Crippen molar-refractivity contribution in [2.75, 3.05) is 6.61 Å². The van der Waals surface area contributed by atoms with Crippen LogP contribution in [0.1, 0.15) is 27.7 Å². The third-order valence-electron chi connectivity index (χ3n) is 4.20. The summed E-state index contributed by atoms with van der Waals surface area (Å²) in [6, 6.07) is 7.08. The number of esters is 4. The molecule has 0 N–H and O–H groups in total. The van der Waals surface area contributed by atoms with Gasteiger partial charge in [-0.05, 0) is 12.1 Å². The summed E-state index contributed by atoms with van der Waals surface area (Å²) in [6.07, 6.45) is -7.53. The predicted octanol–water partition coefficient (Wildman–Crippen LogP) is 0.475. The van der Waals surface area contributed by atoms with Crippen LogP contribution in [-0.4, -0.2) is 69.6 Å². The van der Waals surface area contributed by atoms with E-state index in [9.17, 15) is 27.6 Å². The van der Waals surface area contributed by atoms with Crippen molar-refractivity contribution in [1.82, 2.24) is 0 Å². The molecule has 1 aromatic carbocycles. The largest absolute Gasteiger partial charge is 0.462 e. The topological polar surface area (TPSA) is 158 Å². The first kappa shape index (κ1) is 26.2. The van der Waals surface area contributed by atoms with E-state index in [1.54, 1.807) is 6.07 Å². The van der Waals surface area contributed by atoms with Crippen molar-refractivity contribution in [1.29, 1.82) is 0 Å². The summed E-state index contributed by atoms with van der Waals surface area (Å²) in [6.45, 7) is 3.78. The van der Waals surface area contributed by atoms with Crippen LogP contribution >= 0.6 is 0 Å². The quantitative estimate of drug-likeness (QED) is 0.269. The van der Waals surface area contributed by atoms with Crippen molar-refractivity contribution in [3.05, 3.63) is 30.3 Å². The first-order chi connectivity index (χ1) is 15.4. The zero-order valence-electron chi connectivity index (χ0n) is 18.3. The molecule has 0 amide bonds. The van der Waals surface area contributed by atoms with Gasteiger partial charge >= 0.3 is 23.9 Å². The zero-order valence-corrected chi connectivity index (χ0v) is 19.1. The number of carbonyl (C=O) groups excluding carboxylic acids is 4. The second kappa shape index (κ2) is 11.2. The Bertz CT molecular complexity index is 974. The first-order valence-corrected chi connectivity index (χ1v) is 11.1. The zero-order chi connectivity index (χ0) is 24.8. The molecular formula is C20H24O12S. The Morgan fingerprint density at radius 3 is 1.97 bits per heavy atom. The fourth-order valence-corrected chi connectivity index (χ4v) is 4.05. The lowest BCUT2D eigenvalue weighted by Gasteiger charge is -2.27. The minimum atomic E-state index is -4.41. The molecule has 1 fully saturated rings. The molecule has 0 aromatic heterocycles. The van der Waals surface area contributed by atoms with Gasteiger partial charge in [0.25, 0.3) is 10.1 Å². The molecule has 2 rings (SSSR count). The van der Waals surface area contributed by atoms with Crippen LogP contribution in [0, 0.1) is 0 Å². The summed E-state index contributed by atoms with van der Waals surface area (Å²) in [5.74, 6) is -3.17. The molecule has 0 aliphatic carbocycles. The highest BCUT2D eigenvalue weighted by atomic mass is 32.2. The molecule has 1 saturated heterocycles. The minimum Gasteiger partial charge on any atom is -0.462 e. The van der Waals surface area contributed by atoms with Gasteiger partial charge in [0.05, 0.1) is 4.90 Å². The SMILES string of the molecule is CC(=O)OCC(OC(C)=O)C1OC(OS(=O)(=O)c2ccccc2)C(OC(C)=O)C1OC(C)=O. The normalized spacial score (nSPS) is 23.3. The van der Waals surface area contributed by atoms with E-state index in [1.807, 2.05) is 0 Å². The summed E-state index contributed by atoms with van der Waals surface area (Å²) in [7, 11) is -4.41. The molecule has 0 radical (unpaired) electrons. The number of rotatable bonds is 9. The van der Waals surface area contributed by atoms with Crippen molar-refractivity contribution in [2.45, 2.75) is 63.3 Å². The molecule has 0 spiro atoms. The molecule has 1 aliphatic heterocycles. The average molecular weight is 488 g/mol. The average Bonchev–Trinajstić information content (AvgIpc) is 3.01. The molecule has 1 heterocycles. The number of hydrogen-bond acceptors (Lipinski definition) is 12. The monoisotopic (exact) mass is 488 g/mol. The molecule has 182 valence electrons. The van der Waals surface area contributed by atoms with Crippen LogP contribution in [0.3, 0.4) is 0 Å². The van der Waals surface area contributed by atoms with Crippen LogP contribution in [-0.2, 0) is 57.2 Å². The van der Waals surface area contributed by atoms with Gasteiger partial charge in [0.15, 0.2) is 18.3 Å². The van der Waals surface area contributed by atoms with Gasteiger partial charge in [0.2, 0.25) is 6.29 Å². The second-order valence-corrected chi connectivity index (χ2v) is 8.50. The van der Waals surface area contributed by atoms with E-state index in [4.69, 9.17) is 27.9 Å². The summed E-state index contributed by atoms with van der Waals surface area (Å²) >= 11 is 0. The predicted molar refractivity (Wildman–Crippen MR) is 107 cm³/mol. The van der Waals surface area contributed by atoms with Crippen molar-refractivity contribution < 1.29 is 55.5 Å². The molecule has 5 unspecified atom stereocenters. The van der Waals surface area contributed by atoms with E-state index in [1.165, 1.54) is 24.3 Å². The summed E-state index contributed by atoms with van der Waals surface area (Å²) in [5.41, 5.74) is 0. The lowest BCUT2D eigenvalue weighted by Crippen LogP contribution is -2.47. The highest BCUT2D eigenvalue weighted by Gasteiger charge is 2.55. The molecule has 12 nitrogen and oxygen atoms in total. The molecule has 0 saturated carbocycles. The fraction of sp³-hybridized carbons (Fsp3) is 0.500. The van der Waals surface area contributed by atoms with E-state index in [0.717, 1.165) is 27.7 Å². The van der Waals surface area contributed by atoms with E-state index in [2.05, 4.69) is 0 Å². The summed E-state index contributed by atoms with van der Waals surface area (Å²) in [4.78, 5) is 46.1. The van der Waals surface area contributed by atoms with Crippen LogP contribution in [0.5, 0.6) is 0 Å². The van der Waals surface area contributed by atoms with E-state index in [-0.39, 0.29) is 4.90 Å². The Hall–Kier alpha value is -3.03. The van der Waals surface area contributed by atoms with Crippen molar-refractivity contribution in [2.24, 2.45) is 0 Å². The number of ether oxygens (including phenoxy) is 5. The Labute approximate surface area is 190 Å². The summed E-state index contributed by atoms with van der Waals surface area (Å²) < 4.78 is 56.6. The van der Waals surface area contributed by atoms with E-state index < -0.39 is 71.3 Å². The van der Waals surface area contributed by atoms with Gasteiger partial charge < -0.3 is 23.7 Å². The van der Waals surface area contributed by atoms with E-state index >= 15 is 0 Å². The van der Waals surface area contributed by atoms with Crippen LogP contribution in [0.2, 0.25) is 0 Å². The van der Waals surface area contributed by atoms with Gasteiger partial charge in [0.1, 0.15) is 12.7 Å². The second-order valence-electron chi connectivity index (χ2n) is 6.93. The maximum absolute atomic E-state index is 12.7. The molecule has 33 heavy (non-hydrogen) atoms. The van der Waals surface area contributed by atoms with Crippen molar-refractivity contribution >= 4 is 34.0 Å². The highest BCUT2D eigenvalue weighted by Crippen LogP contribution is 2.33. The third-order valence-corrected chi connectivity index (χ3v) is 5.49. The van der Waals surface area contributed by atoms with Crippen LogP contribution < -0.4 is 0 Å². The third kappa shape index (κ3) is 7.51. The molecule has 0 bridgehead atoms. The standard InChI is InChI=1S/C20H24O12S/c1-11(21)27-10-16(28-12(2)22)17-18(29-13(3)23)19(30-14(4)24)20(31-17)32-33(25,26)15-8-6-5-7-9-15/h5-9,16-20H,10H2,1-4H3. The first-order valence-electron chi connectivity index (χ1n) is 9.69. The molecule has 13 heteroatoms. The maximum Gasteiger partial charge on any atom is 0.303 e. The van der Waals surface area contributed by atoms with Crippen molar-refractivity contribution in [3.63, 3.8) is 0 Å². The van der Waals surface area contributed by atoms with Gasteiger partial charge in [-0.1, -0.05) is 18.2 Å². The molecule has 1 aromatic rings. The van der Waals surface area contributed by atoms with Crippen LogP contribution in [0.4, 0.5) is 0 Å². The Kier molecular flexibility index (Phi) is 8.91. The van der Waals surface area contributed by atoms with Crippen LogP contribution in [0.25, 0.3) is 0 Å². The van der Waals surface area contributed by atoms with E-state index in [0.29, 0.717) is 0 Å². The van der Waals surface area contributed by atoms with Gasteiger partial charge in [-0.2, -0.15) is 8.42 Å². The van der Waals surface area contributed by atoms with Gasteiger partial charge in [0, 0.05) is 27.7 Å². The van der Waals surface area contributed by atoms with Gasteiger partial charge in [-0.25, -0.2) is 4.18 Å². The smallest absolute Gasteiger partial charge is 0.303 e. The van der Waals surface area contributed by atoms with Gasteiger partial charge in [-0.3, -0.25) is 19.2 Å². The van der Waals surface area contributed by atoms with Gasteiger partial charge in [-0.15, -0.1) is 0 Å². The summed E-state index contributed by atoms with van der Waals surface area (Å²) in [5, 5.41) is 0. The minimum absolute atomic E-state index is 0.209. The Morgan fingerprint density at radius 1 is 0.879 bits per heavy atom. The fourth-order valence-electron chi connectivity index (χ4n) is 3.04. The number of carbonyl (C=O) groups is 4.